The summed E-state index contributed by atoms with van der Waals surface area (Å²) in [4.78, 5) is 18.8. The quantitative estimate of drug-likeness (QED) is 0.618. The van der Waals surface area contributed by atoms with Gasteiger partial charge in [-0.05, 0) is 43.6 Å². The summed E-state index contributed by atoms with van der Waals surface area (Å²) in [5.74, 6) is -0.192. The molecule has 31 heavy (non-hydrogen) atoms. The topological polar surface area (TPSA) is 96.8 Å². The van der Waals surface area contributed by atoms with E-state index in [0.717, 1.165) is 12.1 Å². The Morgan fingerprint density at radius 1 is 1.35 bits per heavy atom. The first-order valence-corrected chi connectivity index (χ1v) is 10.8. The van der Waals surface area contributed by atoms with Gasteiger partial charge in [-0.1, -0.05) is 30.4 Å². The predicted octanol–water partition coefficient (Wildman–Crippen LogP) is 3.36. The summed E-state index contributed by atoms with van der Waals surface area (Å²) < 4.78 is 41.4. The Morgan fingerprint density at radius 3 is 2.65 bits per heavy atom. The highest BCUT2D eigenvalue weighted by Gasteiger charge is 2.36. The molecule has 1 atom stereocenters. The number of aromatic hydroxyl groups is 1. The highest BCUT2D eigenvalue weighted by Crippen LogP contribution is 2.42. The molecule has 4 rings (SSSR count). The van der Waals surface area contributed by atoms with Crippen LogP contribution in [0.5, 0.6) is 5.88 Å². The number of carbonyl (C=O) groups is 1. The molecule has 1 aromatic carbocycles. The first-order chi connectivity index (χ1) is 14.7. The predicted molar refractivity (Wildman–Crippen MR) is 109 cm³/mol. The van der Waals surface area contributed by atoms with Gasteiger partial charge in [0.15, 0.2) is 5.82 Å². The molecule has 1 aliphatic heterocycles. The lowest BCUT2D eigenvalue weighted by Gasteiger charge is -2.36. The highest BCUT2D eigenvalue weighted by molar-refractivity contribution is 7.17. The monoisotopic (exact) mass is 453 g/mol. The number of benzene rings is 1. The van der Waals surface area contributed by atoms with Gasteiger partial charge in [-0.2, -0.15) is 17.7 Å². The molecule has 0 radical (unpaired) electrons. The minimum atomic E-state index is -4.48. The molecule has 1 aliphatic rings. The Labute approximate surface area is 180 Å². The second-order valence-corrected chi connectivity index (χ2v) is 8.61. The number of piperidine rings is 1. The van der Waals surface area contributed by atoms with Crippen LogP contribution in [0.25, 0.3) is 4.96 Å². The number of nitrogens with zero attached hydrogens (tertiary/aromatic N) is 4. The van der Waals surface area contributed by atoms with Crippen LogP contribution in [0, 0.1) is 5.92 Å². The molecule has 3 heterocycles. The zero-order valence-electron chi connectivity index (χ0n) is 16.8. The van der Waals surface area contributed by atoms with E-state index in [1.807, 2.05) is 11.8 Å². The summed E-state index contributed by atoms with van der Waals surface area (Å²) in [6.07, 6.45) is -2.87. The van der Waals surface area contributed by atoms with Gasteiger partial charge in [-0.25, -0.2) is 4.98 Å². The van der Waals surface area contributed by atoms with Crippen molar-refractivity contribution in [2.45, 2.75) is 38.4 Å². The number of carbonyl (C=O) groups excluding carboxylic acids is 1. The molecular weight excluding hydrogens is 431 g/mol. The number of primary amides is 1. The van der Waals surface area contributed by atoms with Crippen LogP contribution < -0.4 is 5.73 Å². The Hall–Kier alpha value is -2.66. The number of hydrogen-bond donors (Lipinski definition) is 2. The third kappa shape index (κ3) is 4.11. The second-order valence-electron chi connectivity index (χ2n) is 7.60. The van der Waals surface area contributed by atoms with E-state index < -0.39 is 17.8 Å². The fraction of sp³-hybridized carbons (Fsp3) is 0.450. The number of aromatic nitrogens is 3. The zero-order chi connectivity index (χ0) is 22.3. The first-order valence-electron chi connectivity index (χ1n) is 9.96. The second kappa shape index (κ2) is 8.12. The van der Waals surface area contributed by atoms with Gasteiger partial charge in [0, 0.05) is 12.3 Å². The number of halogens is 3. The van der Waals surface area contributed by atoms with Crippen LogP contribution >= 0.6 is 11.3 Å². The van der Waals surface area contributed by atoms with E-state index in [1.165, 1.54) is 21.9 Å². The Morgan fingerprint density at radius 2 is 2.06 bits per heavy atom. The lowest BCUT2D eigenvalue weighted by atomic mass is 9.93. The lowest BCUT2D eigenvalue weighted by Crippen LogP contribution is -2.40. The van der Waals surface area contributed by atoms with Crippen molar-refractivity contribution in [3.63, 3.8) is 0 Å². The van der Waals surface area contributed by atoms with Gasteiger partial charge in [-0.3, -0.25) is 9.69 Å². The van der Waals surface area contributed by atoms with Crippen molar-refractivity contribution in [1.29, 1.82) is 0 Å². The number of thiazole rings is 1. The van der Waals surface area contributed by atoms with Crippen LogP contribution in [0.3, 0.4) is 0 Å². The van der Waals surface area contributed by atoms with Crippen LogP contribution in [0.4, 0.5) is 13.2 Å². The van der Waals surface area contributed by atoms with Crippen LogP contribution in [0.15, 0.2) is 24.3 Å². The third-order valence-electron chi connectivity index (χ3n) is 5.63. The summed E-state index contributed by atoms with van der Waals surface area (Å²) in [7, 11) is 0. The Kier molecular flexibility index (Phi) is 5.65. The number of rotatable bonds is 5. The molecule has 166 valence electrons. The molecule has 3 aromatic rings. The third-order valence-corrected chi connectivity index (χ3v) is 6.71. The van der Waals surface area contributed by atoms with Crippen molar-refractivity contribution in [2.24, 2.45) is 11.7 Å². The number of fused-ring (bicyclic) bond motifs is 1. The molecule has 1 amide bonds. The average Bonchev–Trinajstić information content (AvgIpc) is 3.27. The standard InChI is InChI=1S/C20H22F3N5O2S/c1-2-14-25-19-28(26-14)18(30)16(31-19)15(27-8-6-11(7-9-27)17(24)29)12-4-3-5-13(10-12)20(21,22)23/h3-5,10-11,15,30H,2,6-9H2,1H3,(H2,24,29)/t15-/m1/s1. The van der Waals surface area contributed by atoms with Gasteiger partial charge < -0.3 is 10.8 Å². The molecule has 1 fully saturated rings. The van der Waals surface area contributed by atoms with Crippen molar-refractivity contribution in [2.75, 3.05) is 13.1 Å². The van der Waals surface area contributed by atoms with E-state index in [-0.39, 0.29) is 17.7 Å². The summed E-state index contributed by atoms with van der Waals surface area (Å²) in [5.41, 5.74) is 5.08. The summed E-state index contributed by atoms with van der Waals surface area (Å²) in [6.45, 7) is 2.81. The molecular formula is C20H22F3N5O2S. The molecule has 2 aromatic heterocycles. The maximum absolute atomic E-state index is 13.4. The Bertz CT molecular complexity index is 1100. The van der Waals surface area contributed by atoms with Crippen LogP contribution in [-0.4, -0.2) is 43.6 Å². The number of amides is 1. The lowest BCUT2D eigenvalue weighted by molar-refractivity contribution is -0.137. The van der Waals surface area contributed by atoms with Gasteiger partial charge in [0.25, 0.3) is 0 Å². The van der Waals surface area contributed by atoms with E-state index in [1.54, 1.807) is 6.07 Å². The van der Waals surface area contributed by atoms with Gasteiger partial charge in [0.1, 0.15) is 0 Å². The van der Waals surface area contributed by atoms with Crippen molar-refractivity contribution in [3.05, 3.63) is 46.1 Å². The molecule has 3 N–H and O–H groups in total. The van der Waals surface area contributed by atoms with Crippen molar-refractivity contribution >= 4 is 22.2 Å². The van der Waals surface area contributed by atoms with Gasteiger partial charge in [-0.15, -0.1) is 5.10 Å². The first kappa shape index (κ1) is 21.6. The van der Waals surface area contributed by atoms with Gasteiger partial charge >= 0.3 is 6.18 Å². The van der Waals surface area contributed by atoms with E-state index in [2.05, 4.69) is 10.1 Å². The molecule has 0 aliphatic carbocycles. The minimum absolute atomic E-state index is 0.133. The van der Waals surface area contributed by atoms with Crippen molar-refractivity contribution < 1.29 is 23.1 Å². The van der Waals surface area contributed by atoms with E-state index >= 15 is 0 Å². The summed E-state index contributed by atoms with van der Waals surface area (Å²) >= 11 is 1.20. The number of hydrogen-bond acceptors (Lipinski definition) is 6. The maximum atomic E-state index is 13.4. The summed E-state index contributed by atoms with van der Waals surface area (Å²) in [6, 6.07) is 4.49. The highest BCUT2D eigenvalue weighted by atomic mass is 32.1. The fourth-order valence-electron chi connectivity index (χ4n) is 3.97. The SMILES string of the molecule is CCc1nc2sc([C@@H](c3cccc(C(F)(F)F)c3)N3CCC(C(N)=O)CC3)c(O)n2n1. The molecule has 11 heteroatoms. The molecule has 0 bridgehead atoms. The molecule has 7 nitrogen and oxygen atoms in total. The number of nitrogens with two attached hydrogens (primary N) is 1. The minimum Gasteiger partial charge on any atom is -0.492 e. The number of likely N-dealkylation sites (tertiary alicyclic amines) is 1. The molecule has 1 saturated heterocycles. The van der Waals surface area contributed by atoms with E-state index in [9.17, 15) is 23.1 Å². The van der Waals surface area contributed by atoms with E-state index in [4.69, 9.17) is 5.73 Å². The largest absolute Gasteiger partial charge is 0.492 e. The van der Waals surface area contributed by atoms with Gasteiger partial charge in [0.05, 0.1) is 16.5 Å². The van der Waals surface area contributed by atoms with Crippen LogP contribution in [0.1, 0.15) is 47.6 Å². The average molecular weight is 453 g/mol. The zero-order valence-corrected chi connectivity index (χ0v) is 17.6. The van der Waals surface area contributed by atoms with Crippen molar-refractivity contribution in [3.8, 4) is 5.88 Å². The maximum Gasteiger partial charge on any atom is 0.416 e. The van der Waals surface area contributed by atoms with Crippen LogP contribution in [0.2, 0.25) is 0 Å². The molecule has 0 saturated carbocycles. The van der Waals surface area contributed by atoms with Gasteiger partial charge in [0.2, 0.25) is 16.7 Å². The Balaban J connectivity index is 1.78. The van der Waals surface area contributed by atoms with Crippen LogP contribution in [-0.2, 0) is 17.4 Å². The normalized spacial score (nSPS) is 17.3. The molecule has 0 unspecified atom stereocenters. The smallest absolute Gasteiger partial charge is 0.416 e. The van der Waals surface area contributed by atoms with E-state index in [0.29, 0.717) is 53.6 Å². The number of alkyl halides is 3. The van der Waals surface area contributed by atoms with Crippen molar-refractivity contribution in [1.82, 2.24) is 19.5 Å². The fourth-order valence-corrected chi connectivity index (χ4v) is 5.11. The number of aryl methyl sites for hydroxylation is 1. The molecule has 0 spiro atoms. The summed E-state index contributed by atoms with van der Waals surface area (Å²) in [5, 5.41) is 15.1.